The maximum Gasteiger partial charge on any atom is 0.119 e. The lowest BCUT2D eigenvalue weighted by molar-refractivity contribution is 0.304. The average Bonchev–Trinajstić information content (AvgIpc) is 3.74. The number of pyridine rings is 1. The predicted molar refractivity (Wildman–Crippen MR) is 185 cm³/mol. The maximum absolute atomic E-state index is 6.08. The number of aromatic nitrogens is 1. The van der Waals surface area contributed by atoms with E-state index in [0.29, 0.717) is 0 Å². The summed E-state index contributed by atoms with van der Waals surface area (Å²) in [7, 11) is 0. The molecule has 222 valence electrons. The van der Waals surface area contributed by atoms with Gasteiger partial charge in [0.15, 0.2) is 0 Å². The molecule has 0 saturated carbocycles. The Morgan fingerprint density at radius 1 is 0.643 bits per heavy atom. The van der Waals surface area contributed by atoms with E-state index in [1.165, 1.54) is 112 Å². The van der Waals surface area contributed by atoms with Crippen LogP contribution in [0.1, 0.15) is 111 Å². The van der Waals surface area contributed by atoms with E-state index >= 15 is 0 Å². The van der Waals surface area contributed by atoms with Crippen LogP contribution in [0.3, 0.4) is 0 Å². The summed E-state index contributed by atoms with van der Waals surface area (Å²) in [6, 6.07) is 17.8. The molecule has 1 aliphatic rings. The summed E-state index contributed by atoms with van der Waals surface area (Å²) < 4.78 is 6.08. The van der Waals surface area contributed by atoms with E-state index in [4.69, 9.17) is 4.74 Å². The van der Waals surface area contributed by atoms with Crippen LogP contribution in [-0.2, 0) is 0 Å². The summed E-state index contributed by atoms with van der Waals surface area (Å²) in [4.78, 5) is 9.71. The maximum atomic E-state index is 6.08. The van der Waals surface area contributed by atoms with Gasteiger partial charge in [-0.1, -0.05) is 64.7 Å². The standard InChI is InChI=1S/C38H47NOS2/c1-4-5-6-7-8-9-10-11-12-13-25-40-32-19-17-30(18-20-32)37-26-35(28(2)41-37)33-15-14-16-34(33)36-27-38(42-29(36)3)31-21-23-39-24-22-31/h17-24,26-27H,4-16,25H2,1-3H3. The lowest BCUT2D eigenvalue weighted by Gasteiger charge is -2.08. The van der Waals surface area contributed by atoms with Crippen LogP contribution in [0.4, 0.5) is 0 Å². The van der Waals surface area contributed by atoms with Gasteiger partial charge in [0.25, 0.3) is 0 Å². The Labute approximate surface area is 261 Å². The number of aryl methyl sites for hydroxylation is 2. The zero-order valence-corrected chi connectivity index (χ0v) is 27.5. The molecule has 0 atom stereocenters. The van der Waals surface area contributed by atoms with E-state index < -0.39 is 0 Å². The van der Waals surface area contributed by atoms with Gasteiger partial charge in [0.05, 0.1) is 6.61 Å². The normalized spacial score (nSPS) is 13.3. The number of allylic oxidation sites excluding steroid dienone is 2. The Bertz CT molecular complexity index is 1430. The van der Waals surface area contributed by atoms with Gasteiger partial charge in [-0.25, -0.2) is 0 Å². The van der Waals surface area contributed by atoms with Crippen LogP contribution >= 0.6 is 22.7 Å². The third-order valence-electron chi connectivity index (χ3n) is 8.57. The van der Waals surface area contributed by atoms with Crippen molar-refractivity contribution < 1.29 is 4.74 Å². The van der Waals surface area contributed by atoms with E-state index in [1.54, 1.807) is 11.1 Å². The summed E-state index contributed by atoms with van der Waals surface area (Å²) in [5, 5.41) is 0. The molecule has 5 rings (SSSR count). The van der Waals surface area contributed by atoms with E-state index in [2.05, 4.69) is 74.3 Å². The molecule has 1 aromatic carbocycles. The molecule has 4 heteroatoms. The number of rotatable bonds is 16. The van der Waals surface area contributed by atoms with Gasteiger partial charge in [0, 0.05) is 31.9 Å². The third kappa shape index (κ3) is 8.02. The number of hydrogen-bond acceptors (Lipinski definition) is 4. The summed E-state index contributed by atoms with van der Waals surface area (Å²) in [6.45, 7) is 7.67. The first kappa shape index (κ1) is 30.8. The fraction of sp³-hybridized carbons (Fsp3) is 0.447. The van der Waals surface area contributed by atoms with Crippen LogP contribution in [0, 0.1) is 13.8 Å². The van der Waals surface area contributed by atoms with Gasteiger partial charge in [-0.15, -0.1) is 22.7 Å². The minimum absolute atomic E-state index is 0.819. The molecule has 3 heterocycles. The first-order valence-corrected chi connectivity index (χ1v) is 17.8. The van der Waals surface area contributed by atoms with E-state index in [0.717, 1.165) is 25.2 Å². The monoisotopic (exact) mass is 597 g/mol. The van der Waals surface area contributed by atoms with Crippen LogP contribution in [-0.4, -0.2) is 11.6 Å². The van der Waals surface area contributed by atoms with Gasteiger partial charge in [0.1, 0.15) is 5.75 Å². The second kappa shape index (κ2) is 15.7. The first-order valence-electron chi connectivity index (χ1n) is 16.2. The lowest BCUT2D eigenvalue weighted by Crippen LogP contribution is -1.97. The fourth-order valence-corrected chi connectivity index (χ4v) is 8.30. The molecule has 2 nitrogen and oxygen atoms in total. The molecule has 3 aromatic heterocycles. The third-order valence-corrected chi connectivity index (χ3v) is 10.8. The largest absolute Gasteiger partial charge is 0.494 e. The zero-order valence-electron chi connectivity index (χ0n) is 25.8. The molecule has 42 heavy (non-hydrogen) atoms. The molecule has 0 unspecified atom stereocenters. The van der Waals surface area contributed by atoms with Gasteiger partial charge < -0.3 is 4.74 Å². The van der Waals surface area contributed by atoms with Gasteiger partial charge in [-0.3, -0.25) is 4.98 Å². The lowest BCUT2D eigenvalue weighted by atomic mass is 9.97. The van der Waals surface area contributed by atoms with Crippen molar-refractivity contribution in [1.82, 2.24) is 4.98 Å². The van der Waals surface area contributed by atoms with Gasteiger partial charge >= 0.3 is 0 Å². The van der Waals surface area contributed by atoms with Gasteiger partial charge in [0.2, 0.25) is 0 Å². The van der Waals surface area contributed by atoms with Crippen molar-refractivity contribution in [1.29, 1.82) is 0 Å². The highest BCUT2D eigenvalue weighted by atomic mass is 32.1. The molecule has 0 bridgehead atoms. The van der Waals surface area contributed by atoms with Crippen LogP contribution in [0.2, 0.25) is 0 Å². The van der Waals surface area contributed by atoms with Crippen molar-refractivity contribution in [3.8, 4) is 26.6 Å². The molecule has 0 saturated heterocycles. The minimum atomic E-state index is 0.819. The van der Waals surface area contributed by atoms with Crippen LogP contribution < -0.4 is 4.74 Å². The molecule has 0 aliphatic heterocycles. The molecule has 0 spiro atoms. The molecule has 0 N–H and O–H groups in total. The molecule has 0 fully saturated rings. The van der Waals surface area contributed by atoms with E-state index in [-0.39, 0.29) is 0 Å². The Balaban J connectivity index is 1.16. The number of ether oxygens (including phenoxy) is 1. The number of benzene rings is 1. The van der Waals surface area contributed by atoms with Crippen molar-refractivity contribution in [2.75, 3.05) is 6.61 Å². The summed E-state index contributed by atoms with van der Waals surface area (Å²) in [6.07, 6.45) is 20.9. The molecular formula is C38H47NOS2. The second-order valence-electron chi connectivity index (χ2n) is 11.8. The second-order valence-corrected chi connectivity index (χ2v) is 14.3. The van der Waals surface area contributed by atoms with E-state index in [9.17, 15) is 0 Å². The van der Waals surface area contributed by atoms with Crippen LogP contribution in [0.25, 0.3) is 32.0 Å². The smallest absolute Gasteiger partial charge is 0.119 e. The summed E-state index contributed by atoms with van der Waals surface area (Å²) >= 11 is 3.82. The number of nitrogens with zero attached hydrogens (tertiary/aromatic N) is 1. The van der Waals surface area contributed by atoms with Crippen LogP contribution in [0.15, 0.2) is 60.9 Å². The number of hydrogen-bond donors (Lipinski definition) is 0. The molecule has 4 aromatic rings. The van der Waals surface area contributed by atoms with Crippen LogP contribution in [0.5, 0.6) is 5.75 Å². The van der Waals surface area contributed by atoms with Gasteiger partial charge in [-0.05, 0) is 121 Å². The summed E-state index contributed by atoms with van der Waals surface area (Å²) in [5.41, 5.74) is 8.53. The van der Waals surface area contributed by atoms with Crippen molar-refractivity contribution in [3.05, 3.63) is 81.8 Å². The highest BCUT2D eigenvalue weighted by molar-refractivity contribution is 7.16. The quantitative estimate of drug-likeness (QED) is 0.120. The topological polar surface area (TPSA) is 22.1 Å². The number of unbranched alkanes of at least 4 members (excludes halogenated alkanes) is 9. The highest BCUT2D eigenvalue weighted by Gasteiger charge is 2.23. The SMILES string of the molecule is CCCCCCCCCCCCOc1ccc(-c2cc(C3=C(c4cc(-c5ccncc5)sc4C)CCC3)c(C)s2)cc1. The summed E-state index contributed by atoms with van der Waals surface area (Å²) in [5.74, 6) is 0.988. The number of thiophene rings is 2. The molecule has 0 amide bonds. The fourth-order valence-electron chi connectivity index (χ4n) is 6.20. The Morgan fingerprint density at radius 2 is 1.14 bits per heavy atom. The van der Waals surface area contributed by atoms with Gasteiger partial charge in [-0.2, -0.15) is 0 Å². The Kier molecular flexibility index (Phi) is 11.5. The van der Waals surface area contributed by atoms with Crippen molar-refractivity contribution in [2.24, 2.45) is 0 Å². The van der Waals surface area contributed by atoms with E-state index in [1.807, 2.05) is 35.1 Å². The minimum Gasteiger partial charge on any atom is -0.494 e. The molecule has 0 radical (unpaired) electrons. The van der Waals surface area contributed by atoms with Crippen molar-refractivity contribution in [3.63, 3.8) is 0 Å². The predicted octanol–water partition coefficient (Wildman–Crippen LogP) is 12.5. The van der Waals surface area contributed by atoms with Crippen molar-refractivity contribution >= 4 is 33.8 Å². The Morgan fingerprint density at radius 3 is 1.69 bits per heavy atom. The Hall–Kier alpha value is -2.69. The van der Waals surface area contributed by atoms with Crippen molar-refractivity contribution in [2.45, 2.75) is 104 Å². The highest BCUT2D eigenvalue weighted by Crippen LogP contribution is 2.47. The average molecular weight is 598 g/mol. The molecule has 1 aliphatic carbocycles. The zero-order chi connectivity index (χ0) is 29.1. The first-order chi connectivity index (χ1) is 20.6. The molecular weight excluding hydrogens is 551 g/mol.